The molecule has 0 radical (unpaired) electrons. The molecule has 0 bridgehead atoms. The lowest BCUT2D eigenvalue weighted by Gasteiger charge is -2.34. The number of rotatable bonds is 4. The third-order valence-electron chi connectivity index (χ3n) is 4.26. The van der Waals surface area contributed by atoms with E-state index >= 15 is 0 Å². The number of carbonyl (C=O) groups is 1. The fraction of sp³-hybridized carbons (Fsp3) is 0.625. The van der Waals surface area contributed by atoms with Gasteiger partial charge in [-0.05, 0) is 12.6 Å². The van der Waals surface area contributed by atoms with Crippen LogP contribution in [0.1, 0.15) is 23.7 Å². The largest absolute Gasteiger partial charge is 0.472 e. The summed E-state index contributed by atoms with van der Waals surface area (Å²) in [6.07, 6.45) is 2.56. The van der Waals surface area contributed by atoms with Crippen molar-refractivity contribution >= 4 is 5.91 Å². The quantitative estimate of drug-likeness (QED) is 0.831. The van der Waals surface area contributed by atoms with Gasteiger partial charge >= 0.3 is 0 Å². The zero-order valence-corrected chi connectivity index (χ0v) is 13.0. The van der Waals surface area contributed by atoms with Crippen molar-refractivity contribution in [2.45, 2.75) is 19.4 Å². The van der Waals surface area contributed by atoms with Gasteiger partial charge in [-0.3, -0.25) is 4.79 Å². The summed E-state index contributed by atoms with van der Waals surface area (Å²) in [6.45, 7) is 7.95. The zero-order valence-electron chi connectivity index (χ0n) is 13.0. The number of nitrogens with zero attached hydrogens (tertiary/aromatic N) is 3. The fourth-order valence-corrected chi connectivity index (χ4v) is 2.83. The Morgan fingerprint density at radius 2 is 2.23 bits per heavy atom. The Bertz CT molecular complexity index is 509. The first-order valence-electron chi connectivity index (χ1n) is 7.98. The average Bonchev–Trinajstić information content (AvgIpc) is 3.07. The molecule has 2 aliphatic heterocycles. The van der Waals surface area contributed by atoms with E-state index in [9.17, 15) is 4.79 Å². The zero-order chi connectivity index (χ0) is 15.4. The van der Waals surface area contributed by atoms with Gasteiger partial charge in [0.15, 0.2) is 0 Å². The molecule has 3 heterocycles. The van der Waals surface area contributed by atoms with Gasteiger partial charge in [-0.2, -0.15) is 0 Å². The highest BCUT2D eigenvalue weighted by Gasteiger charge is 2.22. The first-order chi connectivity index (χ1) is 10.8. The molecule has 120 valence electrons. The third kappa shape index (κ3) is 3.56. The molecule has 1 amide bonds. The summed E-state index contributed by atoms with van der Waals surface area (Å²) in [4.78, 5) is 21.0. The molecule has 22 heavy (non-hydrogen) atoms. The Kier molecular flexibility index (Phi) is 4.90. The van der Waals surface area contributed by atoms with E-state index in [1.807, 2.05) is 4.90 Å². The van der Waals surface area contributed by atoms with Crippen molar-refractivity contribution in [2.24, 2.45) is 0 Å². The van der Waals surface area contributed by atoms with Crippen LogP contribution in [0.5, 0.6) is 5.88 Å². The Morgan fingerprint density at radius 3 is 2.91 bits per heavy atom. The molecule has 1 unspecified atom stereocenters. The van der Waals surface area contributed by atoms with Gasteiger partial charge in [0.25, 0.3) is 5.91 Å². The summed E-state index contributed by atoms with van der Waals surface area (Å²) < 4.78 is 11.1. The van der Waals surface area contributed by atoms with E-state index in [1.54, 1.807) is 18.3 Å². The van der Waals surface area contributed by atoms with Crippen LogP contribution in [-0.2, 0) is 4.74 Å². The lowest BCUT2D eigenvalue weighted by atomic mass is 10.2. The molecular formula is C16H23N3O3. The monoisotopic (exact) mass is 305 g/mol. The standard InChI is InChI=1S/C16H23N3O3/c1-2-18-6-8-19(9-7-18)16(20)13-3-5-17-15(11-13)22-14-4-10-21-12-14/h3,5,11,14H,2,4,6-10,12H2,1H3. The highest BCUT2D eigenvalue weighted by Crippen LogP contribution is 2.17. The summed E-state index contributed by atoms with van der Waals surface area (Å²) in [7, 11) is 0. The van der Waals surface area contributed by atoms with E-state index in [0.717, 1.165) is 45.8 Å². The predicted octanol–water partition coefficient (Wildman–Crippen LogP) is 1.03. The van der Waals surface area contributed by atoms with E-state index in [0.29, 0.717) is 18.1 Å². The number of pyridine rings is 1. The summed E-state index contributed by atoms with van der Waals surface area (Å²) in [6, 6.07) is 3.50. The van der Waals surface area contributed by atoms with E-state index in [2.05, 4.69) is 16.8 Å². The number of likely N-dealkylation sites (N-methyl/N-ethyl adjacent to an activating group) is 1. The molecule has 2 saturated heterocycles. The minimum absolute atomic E-state index is 0.0472. The second-order valence-electron chi connectivity index (χ2n) is 5.71. The maximum Gasteiger partial charge on any atom is 0.254 e. The smallest absolute Gasteiger partial charge is 0.254 e. The Morgan fingerprint density at radius 1 is 1.41 bits per heavy atom. The van der Waals surface area contributed by atoms with Crippen molar-refractivity contribution in [2.75, 3.05) is 45.9 Å². The number of amides is 1. The molecule has 0 N–H and O–H groups in total. The Balaban J connectivity index is 1.62. The third-order valence-corrected chi connectivity index (χ3v) is 4.26. The molecule has 1 aromatic rings. The number of ether oxygens (including phenoxy) is 2. The predicted molar refractivity (Wildman–Crippen MR) is 82.1 cm³/mol. The lowest BCUT2D eigenvalue weighted by molar-refractivity contribution is 0.0642. The molecule has 3 rings (SSSR count). The first-order valence-corrected chi connectivity index (χ1v) is 7.98. The van der Waals surface area contributed by atoms with Gasteiger partial charge in [0.05, 0.1) is 13.2 Å². The molecule has 2 fully saturated rings. The van der Waals surface area contributed by atoms with E-state index in [1.165, 1.54) is 0 Å². The van der Waals surface area contributed by atoms with Crippen molar-refractivity contribution in [3.05, 3.63) is 23.9 Å². The summed E-state index contributed by atoms with van der Waals surface area (Å²) >= 11 is 0. The maximum absolute atomic E-state index is 12.6. The van der Waals surface area contributed by atoms with Gasteiger partial charge in [-0.15, -0.1) is 0 Å². The number of hydrogen-bond donors (Lipinski definition) is 0. The van der Waals surface area contributed by atoms with Crippen LogP contribution in [0.25, 0.3) is 0 Å². The van der Waals surface area contributed by atoms with Gasteiger partial charge in [-0.1, -0.05) is 6.92 Å². The molecule has 1 aromatic heterocycles. The highest BCUT2D eigenvalue weighted by atomic mass is 16.5. The molecule has 0 aliphatic carbocycles. The Labute approximate surface area is 131 Å². The Hall–Kier alpha value is -1.66. The van der Waals surface area contributed by atoms with Gasteiger partial charge in [0.1, 0.15) is 6.10 Å². The van der Waals surface area contributed by atoms with Gasteiger partial charge in [-0.25, -0.2) is 4.98 Å². The SMILES string of the molecule is CCN1CCN(C(=O)c2ccnc(OC3CCOC3)c2)CC1. The highest BCUT2D eigenvalue weighted by molar-refractivity contribution is 5.94. The first kappa shape index (κ1) is 15.2. The molecule has 0 aromatic carbocycles. The number of piperazine rings is 1. The second-order valence-corrected chi connectivity index (χ2v) is 5.71. The van der Waals surface area contributed by atoms with E-state index in [-0.39, 0.29) is 12.0 Å². The summed E-state index contributed by atoms with van der Waals surface area (Å²) in [5, 5.41) is 0. The van der Waals surface area contributed by atoms with Crippen LogP contribution in [0.4, 0.5) is 0 Å². The number of carbonyl (C=O) groups excluding carboxylic acids is 1. The van der Waals surface area contributed by atoms with Gasteiger partial charge < -0.3 is 19.3 Å². The van der Waals surface area contributed by atoms with E-state index < -0.39 is 0 Å². The van der Waals surface area contributed by atoms with Gasteiger partial charge in [0.2, 0.25) is 5.88 Å². The average molecular weight is 305 g/mol. The minimum Gasteiger partial charge on any atom is -0.472 e. The minimum atomic E-state index is 0.0472. The molecule has 1 atom stereocenters. The van der Waals surface area contributed by atoms with Crippen molar-refractivity contribution in [1.82, 2.24) is 14.8 Å². The van der Waals surface area contributed by atoms with Gasteiger partial charge in [0, 0.05) is 50.4 Å². The normalized spacial score (nSPS) is 22.8. The van der Waals surface area contributed by atoms with Crippen LogP contribution in [-0.4, -0.2) is 72.7 Å². The van der Waals surface area contributed by atoms with Crippen LogP contribution in [0.15, 0.2) is 18.3 Å². The van der Waals surface area contributed by atoms with Crippen LogP contribution in [0, 0.1) is 0 Å². The van der Waals surface area contributed by atoms with Crippen molar-refractivity contribution in [3.8, 4) is 5.88 Å². The topological polar surface area (TPSA) is 54.9 Å². The molecule has 0 spiro atoms. The number of aromatic nitrogens is 1. The summed E-state index contributed by atoms with van der Waals surface area (Å²) in [5.41, 5.74) is 0.647. The fourth-order valence-electron chi connectivity index (χ4n) is 2.83. The van der Waals surface area contributed by atoms with Crippen LogP contribution in [0.3, 0.4) is 0 Å². The second kappa shape index (κ2) is 7.07. The maximum atomic E-state index is 12.6. The lowest BCUT2D eigenvalue weighted by Crippen LogP contribution is -2.48. The van der Waals surface area contributed by atoms with E-state index in [4.69, 9.17) is 9.47 Å². The van der Waals surface area contributed by atoms with Crippen molar-refractivity contribution in [3.63, 3.8) is 0 Å². The van der Waals surface area contributed by atoms with Crippen LogP contribution in [0.2, 0.25) is 0 Å². The van der Waals surface area contributed by atoms with Crippen LogP contribution >= 0.6 is 0 Å². The molecular weight excluding hydrogens is 282 g/mol. The molecule has 0 saturated carbocycles. The number of hydrogen-bond acceptors (Lipinski definition) is 5. The summed E-state index contributed by atoms with van der Waals surface area (Å²) in [5.74, 6) is 0.569. The molecule has 6 nitrogen and oxygen atoms in total. The molecule has 2 aliphatic rings. The van der Waals surface area contributed by atoms with Crippen molar-refractivity contribution < 1.29 is 14.3 Å². The molecule has 6 heteroatoms. The van der Waals surface area contributed by atoms with Crippen LogP contribution < -0.4 is 4.74 Å². The van der Waals surface area contributed by atoms with Crippen molar-refractivity contribution in [1.29, 1.82) is 0 Å².